The van der Waals surface area contributed by atoms with Gasteiger partial charge in [-0.1, -0.05) is 6.92 Å². The van der Waals surface area contributed by atoms with Crippen molar-refractivity contribution in [1.82, 2.24) is 9.47 Å². The predicted molar refractivity (Wildman–Crippen MR) is 75.8 cm³/mol. The van der Waals surface area contributed by atoms with Crippen LogP contribution in [-0.4, -0.2) is 39.5 Å². The Kier molecular flexibility index (Phi) is 4.16. The molecule has 1 saturated heterocycles. The molecule has 1 amide bonds. The lowest BCUT2D eigenvalue weighted by atomic mass is 9.99. The average molecular weight is 278 g/mol. The van der Waals surface area contributed by atoms with E-state index >= 15 is 0 Å². The van der Waals surface area contributed by atoms with Crippen molar-refractivity contribution in [2.75, 3.05) is 13.1 Å². The monoisotopic (exact) mass is 278 g/mol. The smallest absolute Gasteiger partial charge is 0.352 e. The molecule has 2 heterocycles. The number of amides is 1. The minimum atomic E-state index is -0.976. The van der Waals surface area contributed by atoms with E-state index in [1.165, 1.54) is 0 Å². The standard InChI is InChI=1S/C15H22N2O3/c1-10-4-6-16(7-5-10)13(18)9-17-12(3)8-11(2)14(17)15(19)20/h8,10H,4-7,9H2,1-3H3,(H,19,20). The van der Waals surface area contributed by atoms with E-state index in [2.05, 4.69) is 6.92 Å². The van der Waals surface area contributed by atoms with Crippen molar-refractivity contribution >= 4 is 11.9 Å². The molecule has 1 N–H and O–H groups in total. The summed E-state index contributed by atoms with van der Waals surface area (Å²) in [4.78, 5) is 25.5. The molecule has 20 heavy (non-hydrogen) atoms. The fourth-order valence-electron chi connectivity index (χ4n) is 2.83. The van der Waals surface area contributed by atoms with E-state index in [-0.39, 0.29) is 18.1 Å². The summed E-state index contributed by atoms with van der Waals surface area (Å²) < 4.78 is 1.61. The van der Waals surface area contributed by atoms with Crippen LogP contribution in [0.1, 0.15) is 41.5 Å². The third kappa shape index (κ3) is 2.86. The average Bonchev–Trinajstić information content (AvgIpc) is 2.64. The molecule has 1 aliphatic rings. The van der Waals surface area contributed by atoms with Gasteiger partial charge in [-0.15, -0.1) is 0 Å². The van der Waals surface area contributed by atoms with Gasteiger partial charge < -0.3 is 14.6 Å². The molecule has 0 bridgehead atoms. The lowest BCUT2D eigenvalue weighted by Gasteiger charge is -2.30. The van der Waals surface area contributed by atoms with Crippen molar-refractivity contribution in [3.63, 3.8) is 0 Å². The zero-order valence-corrected chi connectivity index (χ0v) is 12.3. The second-order valence-corrected chi connectivity index (χ2v) is 5.77. The molecule has 0 aliphatic carbocycles. The Morgan fingerprint density at radius 1 is 1.30 bits per heavy atom. The number of hydrogen-bond donors (Lipinski definition) is 1. The number of likely N-dealkylation sites (tertiary alicyclic amines) is 1. The second-order valence-electron chi connectivity index (χ2n) is 5.77. The number of rotatable bonds is 3. The molecule has 110 valence electrons. The van der Waals surface area contributed by atoms with Crippen molar-refractivity contribution in [2.24, 2.45) is 5.92 Å². The number of carbonyl (C=O) groups excluding carboxylic acids is 1. The van der Waals surface area contributed by atoms with Crippen LogP contribution in [0, 0.1) is 19.8 Å². The first-order chi connectivity index (χ1) is 9.40. The van der Waals surface area contributed by atoms with Crippen LogP contribution in [0.5, 0.6) is 0 Å². The molecule has 0 atom stereocenters. The Hall–Kier alpha value is -1.78. The number of aromatic nitrogens is 1. The van der Waals surface area contributed by atoms with Gasteiger partial charge in [0.1, 0.15) is 12.2 Å². The van der Waals surface area contributed by atoms with Crippen LogP contribution in [0.3, 0.4) is 0 Å². The summed E-state index contributed by atoms with van der Waals surface area (Å²) in [6.07, 6.45) is 2.06. The molecule has 0 radical (unpaired) electrons. The van der Waals surface area contributed by atoms with Gasteiger partial charge >= 0.3 is 5.97 Å². The van der Waals surface area contributed by atoms with Gasteiger partial charge in [0.2, 0.25) is 5.91 Å². The topological polar surface area (TPSA) is 62.5 Å². The Balaban J connectivity index is 2.14. The van der Waals surface area contributed by atoms with E-state index in [1.807, 2.05) is 17.9 Å². The van der Waals surface area contributed by atoms with Crippen LogP contribution in [0.15, 0.2) is 6.07 Å². The van der Waals surface area contributed by atoms with Crippen molar-refractivity contribution < 1.29 is 14.7 Å². The Morgan fingerprint density at radius 2 is 1.90 bits per heavy atom. The minimum absolute atomic E-state index is 0.0121. The number of aryl methyl sites for hydroxylation is 2. The van der Waals surface area contributed by atoms with Crippen LogP contribution in [-0.2, 0) is 11.3 Å². The van der Waals surface area contributed by atoms with Gasteiger partial charge in [0.25, 0.3) is 0 Å². The van der Waals surface area contributed by atoms with Crippen LogP contribution >= 0.6 is 0 Å². The van der Waals surface area contributed by atoms with Crippen LogP contribution in [0.4, 0.5) is 0 Å². The highest BCUT2D eigenvalue weighted by Gasteiger charge is 2.23. The van der Waals surface area contributed by atoms with Gasteiger partial charge in [0.15, 0.2) is 0 Å². The van der Waals surface area contributed by atoms with E-state index in [0.29, 0.717) is 11.5 Å². The van der Waals surface area contributed by atoms with Gasteiger partial charge in [-0.2, -0.15) is 0 Å². The molecular formula is C15H22N2O3. The molecule has 0 unspecified atom stereocenters. The largest absolute Gasteiger partial charge is 0.477 e. The number of carboxylic acids is 1. The third-order valence-corrected chi connectivity index (χ3v) is 4.13. The van der Waals surface area contributed by atoms with Crippen molar-refractivity contribution in [3.05, 3.63) is 23.0 Å². The maximum atomic E-state index is 12.3. The molecular weight excluding hydrogens is 256 g/mol. The first-order valence-electron chi connectivity index (χ1n) is 7.08. The number of hydrogen-bond acceptors (Lipinski definition) is 2. The summed E-state index contributed by atoms with van der Waals surface area (Å²) in [6.45, 7) is 7.48. The predicted octanol–water partition coefficient (Wildman–Crippen LogP) is 2.06. The zero-order valence-electron chi connectivity index (χ0n) is 12.3. The van der Waals surface area contributed by atoms with Gasteiger partial charge in [0, 0.05) is 18.8 Å². The van der Waals surface area contributed by atoms with Crippen LogP contribution in [0.25, 0.3) is 0 Å². The first kappa shape index (κ1) is 14.6. The Labute approximate surface area is 119 Å². The highest BCUT2D eigenvalue weighted by molar-refractivity contribution is 5.89. The SMILES string of the molecule is Cc1cc(C)n(CC(=O)N2CCC(C)CC2)c1C(=O)O. The van der Waals surface area contributed by atoms with Gasteiger partial charge in [0.05, 0.1) is 0 Å². The summed E-state index contributed by atoms with van der Waals surface area (Å²) in [5.74, 6) is -0.294. The van der Waals surface area contributed by atoms with E-state index in [9.17, 15) is 14.7 Å². The first-order valence-corrected chi connectivity index (χ1v) is 7.08. The molecule has 1 aromatic rings. The number of nitrogens with zero attached hydrogens (tertiary/aromatic N) is 2. The van der Waals surface area contributed by atoms with Crippen LogP contribution < -0.4 is 0 Å². The molecule has 1 aliphatic heterocycles. The molecule has 0 saturated carbocycles. The lowest BCUT2D eigenvalue weighted by molar-refractivity contribution is -0.133. The molecule has 0 spiro atoms. The summed E-state index contributed by atoms with van der Waals surface area (Å²) in [7, 11) is 0. The van der Waals surface area contributed by atoms with E-state index in [0.717, 1.165) is 31.6 Å². The maximum Gasteiger partial charge on any atom is 0.352 e. The number of aromatic carboxylic acids is 1. The highest BCUT2D eigenvalue weighted by atomic mass is 16.4. The van der Waals surface area contributed by atoms with Gasteiger partial charge in [-0.05, 0) is 44.2 Å². The van der Waals surface area contributed by atoms with Gasteiger partial charge in [-0.25, -0.2) is 4.79 Å². The Morgan fingerprint density at radius 3 is 2.45 bits per heavy atom. The summed E-state index contributed by atoms with van der Waals surface area (Å²) in [5.41, 5.74) is 1.75. The quantitative estimate of drug-likeness (QED) is 0.920. The molecule has 1 aromatic heterocycles. The maximum absolute atomic E-state index is 12.3. The van der Waals surface area contributed by atoms with Crippen molar-refractivity contribution in [2.45, 2.75) is 40.2 Å². The second kappa shape index (κ2) is 5.69. The van der Waals surface area contributed by atoms with Crippen molar-refractivity contribution in [1.29, 1.82) is 0 Å². The van der Waals surface area contributed by atoms with E-state index in [4.69, 9.17) is 0 Å². The summed E-state index contributed by atoms with van der Waals surface area (Å²) in [5, 5.41) is 9.27. The fraction of sp³-hybridized carbons (Fsp3) is 0.600. The molecule has 5 nitrogen and oxygen atoms in total. The minimum Gasteiger partial charge on any atom is -0.477 e. The van der Waals surface area contributed by atoms with E-state index in [1.54, 1.807) is 11.5 Å². The molecule has 1 fully saturated rings. The normalized spacial score (nSPS) is 16.4. The van der Waals surface area contributed by atoms with Crippen LogP contribution in [0.2, 0.25) is 0 Å². The lowest BCUT2D eigenvalue weighted by Crippen LogP contribution is -2.40. The molecule has 0 aromatic carbocycles. The highest BCUT2D eigenvalue weighted by Crippen LogP contribution is 2.18. The summed E-state index contributed by atoms with van der Waals surface area (Å²) >= 11 is 0. The third-order valence-electron chi connectivity index (χ3n) is 4.13. The fourth-order valence-corrected chi connectivity index (χ4v) is 2.83. The number of carboxylic acid groups (broad SMARTS) is 1. The van der Waals surface area contributed by atoms with Crippen molar-refractivity contribution in [3.8, 4) is 0 Å². The van der Waals surface area contributed by atoms with E-state index < -0.39 is 5.97 Å². The van der Waals surface area contributed by atoms with Gasteiger partial charge in [-0.3, -0.25) is 4.79 Å². The molecule has 2 rings (SSSR count). The zero-order chi connectivity index (χ0) is 14.9. The number of carbonyl (C=O) groups is 2. The molecule has 5 heteroatoms. The number of piperidine rings is 1. The Bertz CT molecular complexity index is 525. The summed E-state index contributed by atoms with van der Waals surface area (Å²) in [6, 6.07) is 1.81.